The molecular weight excluding hydrogens is 211 g/mol. The first-order chi connectivity index (χ1) is 5.15. The van der Waals surface area contributed by atoms with Gasteiger partial charge in [0.15, 0.2) is 0 Å². The molecule has 6 heteroatoms. The Labute approximate surface area is 73.1 Å². The summed E-state index contributed by atoms with van der Waals surface area (Å²) in [5.41, 5.74) is 0.402. The lowest BCUT2D eigenvalue weighted by Crippen LogP contribution is -2.36. The summed E-state index contributed by atoms with van der Waals surface area (Å²) in [4.78, 5) is 0. The van der Waals surface area contributed by atoms with Crippen molar-refractivity contribution in [2.45, 2.75) is 13.5 Å². The van der Waals surface area contributed by atoms with Crippen molar-refractivity contribution in [3.63, 3.8) is 0 Å². The average molecular weight is 219 g/mol. The Balaban J connectivity index is 3.02. The zero-order valence-electron chi connectivity index (χ0n) is 6.03. The minimum absolute atomic E-state index is 0.402. The number of halogens is 1. The SMILES string of the molecule is CCn1nc(Br)cc1B(O)O. The smallest absolute Gasteiger partial charge is 0.422 e. The Hall–Kier alpha value is -0.325. The van der Waals surface area contributed by atoms with Crippen LogP contribution in [0, 0.1) is 0 Å². The number of hydrogen-bond acceptors (Lipinski definition) is 3. The second-order valence-electron chi connectivity index (χ2n) is 2.08. The van der Waals surface area contributed by atoms with E-state index < -0.39 is 7.12 Å². The van der Waals surface area contributed by atoms with Gasteiger partial charge in [0, 0.05) is 6.54 Å². The van der Waals surface area contributed by atoms with Gasteiger partial charge < -0.3 is 10.0 Å². The fraction of sp³-hybridized carbons (Fsp3) is 0.400. The van der Waals surface area contributed by atoms with E-state index in [-0.39, 0.29) is 0 Å². The maximum atomic E-state index is 8.82. The normalized spacial score (nSPS) is 10.2. The Morgan fingerprint density at radius 3 is 2.73 bits per heavy atom. The summed E-state index contributed by atoms with van der Waals surface area (Å²) in [6, 6.07) is 1.58. The van der Waals surface area contributed by atoms with Gasteiger partial charge in [-0.2, -0.15) is 5.10 Å². The van der Waals surface area contributed by atoms with Gasteiger partial charge in [-0.15, -0.1) is 0 Å². The molecule has 0 aliphatic rings. The zero-order valence-corrected chi connectivity index (χ0v) is 7.61. The highest BCUT2D eigenvalue weighted by Crippen LogP contribution is 2.02. The van der Waals surface area contributed by atoms with Crippen molar-refractivity contribution < 1.29 is 10.0 Å². The molecule has 2 N–H and O–H groups in total. The summed E-state index contributed by atoms with van der Waals surface area (Å²) < 4.78 is 2.14. The standard InChI is InChI=1S/C5H8BBrN2O2/c1-2-9-4(6(10)11)3-5(7)8-9/h3,10-11H,2H2,1H3. The van der Waals surface area contributed by atoms with Crippen molar-refractivity contribution in [2.75, 3.05) is 0 Å². The fourth-order valence-corrected chi connectivity index (χ4v) is 1.29. The Bertz CT molecular complexity index is 251. The molecule has 4 nitrogen and oxygen atoms in total. The lowest BCUT2D eigenvalue weighted by atomic mass is 9.86. The molecule has 1 rings (SSSR count). The Morgan fingerprint density at radius 1 is 1.73 bits per heavy atom. The van der Waals surface area contributed by atoms with E-state index in [4.69, 9.17) is 10.0 Å². The zero-order chi connectivity index (χ0) is 8.43. The van der Waals surface area contributed by atoms with Crippen molar-refractivity contribution >= 4 is 28.6 Å². The molecule has 0 radical (unpaired) electrons. The third-order valence-corrected chi connectivity index (χ3v) is 1.73. The highest BCUT2D eigenvalue weighted by molar-refractivity contribution is 9.10. The van der Waals surface area contributed by atoms with E-state index in [2.05, 4.69) is 21.0 Å². The molecule has 0 unspecified atom stereocenters. The molecule has 60 valence electrons. The molecule has 11 heavy (non-hydrogen) atoms. The van der Waals surface area contributed by atoms with Crippen LogP contribution < -0.4 is 5.59 Å². The molecule has 0 fully saturated rings. The lowest BCUT2D eigenvalue weighted by Gasteiger charge is -2.00. The van der Waals surface area contributed by atoms with Crippen molar-refractivity contribution in [2.24, 2.45) is 0 Å². The summed E-state index contributed by atoms with van der Waals surface area (Å²) in [5.74, 6) is 0. The van der Waals surface area contributed by atoms with Crippen molar-refractivity contribution in [1.82, 2.24) is 9.78 Å². The first-order valence-corrected chi connectivity index (χ1v) is 4.03. The number of hydrogen-bond donors (Lipinski definition) is 2. The Morgan fingerprint density at radius 2 is 2.36 bits per heavy atom. The van der Waals surface area contributed by atoms with Crippen LogP contribution in [0.4, 0.5) is 0 Å². The van der Waals surface area contributed by atoms with Gasteiger partial charge in [-0.05, 0) is 28.9 Å². The first kappa shape index (κ1) is 8.77. The van der Waals surface area contributed by atoms with Crippen LogP contribution in [0.5, 0.6) is 0 Å². The molecule has 0 atom stereocenters. The van der Waals surface area contributed by atoms with Crippen molar-refractivity contribution in [3.05, 3.63) is 10.7 Å². The van der Waals surface area contributed by atoms with Gasteiger partial charge in [-0.25, -0.2) is 0 Å². The summed E-state index contributed by atoms with van der Waals surface area (Å²) >= 11 is 3.14. The van der Waals surface area contributed by atoms with Crippen LogP contribution in [0.25, 0.3) is 0 Å². The van der Waals surface area contributed by atoms with Crippen LogP contribution in [0.1, 0.15) is 6.92 Å². The first-order valence-electron chi connectivity index (χ1n) is 3.24. The van der Waals surface area contributed by atoms with Gasteiger partial charge in [-0.1, -0.05) is 0 Å². The second kappa shape index (κ2) is 3.38. The molecule has 0 saturated heterocycles. The average Bonchev–Trinajstić information content (AvgIpc) is 2.30. The monoisotopic (exact) mass is 218 g/mol. The van der Waals surface area contributed by atoms with Crippen LogP contribution in [-0.2, 0) is 6.54 Å². The lowest BCUT2D eigenvalue weighted by molar-refractivity contribution is 0.420. The highest BCUT2D eigenvalue weighted by Gasteiger charge is 2.17. The predicted octanol–water partition coefficient (Wildman–Crippen LogP) is -0.655. The summed E-state index contributed by atoms with van der Waals surface area (Å²) in [6.07, 6.45) is 0. The quantitative estimate of drug-likeness (QED) is 0.649. The van der Waals surface area contributed by atoms with Gasteiger partial charge in [-0.3, -0.25) is 4.68 Å². The van der Waals surface area contributed by atoms with E-state index in [1.807, 2.05) is 6.92 Å². The van der Waals surface area contributed by atoms with Gasteiger partial charge >= 0.3 is 7.12 Å². The highest BCUT2D eigenvalue weighted by atomic mass is 79.9. The topological polar surface area (TPSA) is 58.3 Å². The molecule has 1 aromatic heterocycles. The van der Waals surface area contributed by atoms with Gasteiger partial charge in [0.1, 0.15) is 4.60 Å². The minimum atomic E-state index is -1.45. The van der Waals surface area contributed by atoms with Crippen LogP contribution in [0.2, 0.25) is 0 Å². The molecule has 0 amide bonds. The molecule has 0 aliphatic heterocycles. The van der Waals surface area contributed by atoms with E-state index in [1.54, 1.807) is 6.07 Å². The van der Waals surface area contributed by atoms with E-state index in [1.165, 1.54) is 4.68 Å². The fourth-order valence-electron chi connectivity index (χ4n) is 0.860. The summed E-state index contributed by atoms with van der Waals surface area (Å²) in [5, 5.41) is 21.6. The van der Waals surface area contributed by atoms with Crippen LogP contribution in [0.3, 0.4) is 0 Å². The number of rotatable bonds is 2. The second-order valence-corrected chi connectivity index (χ2v) is 2.89. The molecule has 0 aromatic carbocycles. The van der Waals surface area contributed by atoms with E-state index >= 15 is 0 Å². The molecule has 0 aliphatic carbocycles. The van der Waals surface area contributed by atoms with Gasteiger partial charge in [0.2, 0.25) is 0 Å². The van der Waals surface area contributed by atoms with Crippen LogP contribution >= 0.6 is 15.9 Å². The molecule has 0 bridgehead atoms. The minimum Gasteiger partial charge on any atom is -0.422 e. The number of aromatic nitrogens is 2. The summed E-state index contributed by atoms with van der Waals surface area (Å²) in [7, 11) is -1.45. The van der Waals surface area contributed by atoms with Crippen LogP contribution in [0.15, 0.2) is 10.7 Å². The van der Waals surface area contributed by atoms with E-state index in [0.717, 1.165) is 0 Å². The predicted molar refractivity (Wildman–Crippen MR) is 45.4 cm³/mol. The largest absolute Gasteiger partial charge is 0.507 e. The van der Waals surface area contributed by atoms with E-state index in [0.29, 0.717) is 16.7 Å². The van der Waals surface area contributed by atoms with Gasteiger partial charge in [0.05, 0.1) is 5.59 Å². The van der Waals surface area contributed by atoms with E-state index in [9.17, 15) is 0 Å². The van der Waals surface area contributed by atoms with Crippen molar-refractivity contribution in [1.29, 1.82) is 0 Å². The third kappa shape index (κ3) is 1.82. The maximum Gasteiger partial charge on any atom is 0.507 e. The molecular formula is C5H8BBrN2O2. The number of nitrogens with zero attached hydrogens (tertiary/aromatic N) is 2. The van der Waals surface area contributed by atoms with Crippen LogP contribution in [-0.4, -0.2) is 26.9 Å². The third-order valence-electron chi connectivity index (χ3n) is 1.35. The molecule has 1 heterocycles. The molecule has 0 spiro atoms. The number of aryl methyl sites for hydroxylation is 1. The molecule has 1 aromatic rings. The van der Waals surface area contributed by atoms with Crippen molar-refractivity contribution in [3.8, 4) is 0 Å². The maximum absolute atomic E-state index is 8.82. The van der Waals surface area contributed by atoms with Gasteiger partial charge in [0.25, 0.3) is 0 Å². The summed E-state index contributed by atoms with van der Waals surface area (Å²) in [6.45, 7) is 2.50. The Kier molecular flexibility index (Phi) is 2.70. The molecule has 0 saturated carbocycles.